The molecule has 3 heterocycles. The molecule has 11 heteroatoms. The van der Waals surface area contributed by atoms with Crippen molar-refractivity contribution in [2.24, 2.45) is 0 Å². The van der Waals surface area contributed by atoms with Crippen molar-refractivity contribution >= 4 is 35.0 Å². The molecule has 0 unspecified atom stereocenters. The Bertz CT molecular complexity index is 1240. The summed E-state index contributed by atoms with van der Waals surface area (Å²) < 4.78 is 26.7. The predicted octanol–water partition coefficient (Wildman–Crippen LogP) is 3.71. The van der Waals surface area contributed by atoms with E-state index in [-0.39, 0.29) is 29.5 Å². The molecule has 2 N–H and O–H groups in total. The lowest BCUT2D eigenvalue weighted by molar-refractivity contribution is -0.122. The maximum atomic E-state index is 13.4. The fourth-order valence-corrected chi connectivity index (χ4v) is 4.73. The van der Waals surface area contributed by atoms with Crippen LogP contribution in [-0.4, -0.2) is 51.1 Å². The molecular weight excluding hydrogens is 473 g/mol. The zero-order valence-electron chi connectivity index (χ0n) is 19.0. The first-order valence-corrected chi connectivity index (χ1v) is 12.3. The molecule has 5 rings (SSSR count). The quantitative estimate of drug-likeness (QED) is 0.479. The number of anilines is 2. The Morgan fingerprint density at radius 1 is 1.26 bits per heavy atom. The summed E-state index contributed by atoms with van der Waals surface area (Å²) in [5.41, 5.74) is 1.79. The van der Waals surface area contributed by atoms with E-state index in [1.807, 2.05) is 4.57 Å². The number of thioether (sulfide) groups is 1. The first-order chi connectivity index (χ1) is 17.0. The van der Waals surface area contributed by atoms with Gasteiger partial charge in [0, 0.05) is 17.9 Å². The summed E-state index contributed by atoms with van der Waals surface area (Å²) in [6, 6.07) is 11.2. The van der Waals surface area contributed by atoms with Crippen molar-refractivity contribution in [2.45, 2.75) is 43.7 Å². The van der Waals surface area contributed by atoms with Crippen molar-refractivity contribution < 1.29 is 23.5 Å². The maximum absolute atomic E-state index is 13.4. The summed E-state index contributed by atoms with van der Waals surface area (Å²) in [5.74, 6) is 0.459. The van der Waals surface area contributed by atoms with Crippen molar-refractivity contribution in [3.63, 3.8) is 0 Å². The summed E-state index contributed by atoms with van der Waals surface area (Å²) in [7, 11) is 0. The number of nitrogens with one attached hydrogen (secondary N) is 2. The highest BCUT2D eigenvalue weighted by Gasteiger charge is 2.24. The molecule has 182 valence electrons. The van der Waals surface area contributed by atoms with E-state index >= 15 is 0 Å². The number of amides is 2. The van der Waals surface area contributed by atoms with Gasteiger partial charge >= 0.3 is 0 Å². The fraction of sp³-hybridized carbons (Fsp3) is 0.333. The molecule has 1 saturated heterocycles. The van der Waals surface area contributed by atoms with Gasteiger partial charge in [0.1, 0.15) is 11.6 Å². The molecule has 1 aromatic heterocycles. The first-order valence-electron chi connectivity index (χ1n) is 11.3. The van der Waals surface area contributed by atoms with Gasteiger partial charge < -0.3 is 20.1 Å². The molecule has 0 aliphatic carbocycles. The Morgan fingerprint density at radius 3 is 2.86 bits per heavy atom. The molecule has 0 bridgehead atoms. The van der Waals surface area contributed by atoms with Crippen molar-refractivity contribution in [3.05, 3.63) is 48.3 Å². The number of rotatable bonds is 7. The highest BCUT2D eigenvalue weighted by atomic mass is 32.2. The molecule has 0 spiro atoms. The number of aromatic nitrogens is 3. The lowest BCUT2D eigenvalue weighted by Gasteiger charge is -2.23. The minimum absolute atomic E-state index is 0.0361. The lowest BCUT2D eigenvalue weighted by Crippen LogP contribution is -2.34. The molecule has 2 aliphatic heterocycles. The molecule has 35 heavy (non-hydrogen) atoms. The average Bonchev–Trinajstić information content (AvgIpc) is 3.50. The molecular formula is C24H24FN5O4S. The van der Waals surface area contributed by atoms with Crippen LogP contribution < -0.4 is 15.4 Å². The van der Waals surface area contributed by atoms with Crippen LogP contribution in [0.5, 0.6) is 5.75 Å². The molecule has 9 nitrogen and oxygen atoms in total. The summed E-state index contributed by atoms with van der Waals surface area (Å²) in [6.07, 6.45) is 1.40. The number of ether oxygens (including phenoxy) is 2. The van der Waals surface area contributed by atoms with E-state index in [2.05, 4.69) is 20.8 Å². The van der Waals surface area contributed by atoms with E-state index in [1.165, 1.54) is 23.9 Å². The van der Waals surface area contributed by atoms with Crippen LogP contribution in [0.15, 0.2) is 47.6 Å². The number of carbonyl (C=O) groups excluding carboxylic acids is 2. The van der Waals surface area contributed by atoms with E-state index in [0.29, 0.717) is 34.6 Å². The zero-order valence-corrected chi connectivity index (χ0v) is 19.8. The molecule has 2 atom stereocenters. The second-order valence-corrected chi connectivity index (χ2v) is 9.30. The highest BCUT2D eigenvalue weighted by Crippen LogP contribution is 2.32. The lowest BCUT2D eigenvalue weighted by atomic mass is 10.2. The predicted molar refractivity (Wildman–Crippen MR) is 129 cm³/mol. The van der Waals surface area contributed by atoms with E-state index < -0.39 is 6.10 Å². The van der Waals surface area contributed by atoms with Crippen molar-refractivity contribution in [2.75, 3.05) is 23.0 Å². The van der Waals surface area contributed by atoms with Gasteiger partial charge in [-0.2, -0.15) is 0 Å². The third kappa shape index (κ3) is 5.30. The fourth-order valence-electron chi connectivity index (χ4n) is 3.98. The van der Waals surface area contributed by atoms with E-state index in [1.54, 1.807) is 37.3 Å². The number of hydrogen-bond donors (Lipinski definition) is 2. The van der Waals surface area contributed by atoms with Crippen LogP contribution in [0, 0.1) is 5.82 Å². The minimum atomic E-state index is -0.564. The monoisotopic (exact) mass is 497 g/mol. The minimum Gasteiger partial charge on any atom is -0.479 e. The molecule has 2 amide bonds. The van der Waals surface area contributed by atoms with Crippen LogP contribution in [0.25, 0.3) is 11.4 Å². The third-order valence-corrected chi connectivity index (χ3v) is 6.72. The molecule has 3 aromatic rings. The van der Waals surface area contributed by atoms with Gasteiger partial charge in [0.25, 0.3) is 5.91 Å². The standard InChI is InChI=1S/C24H24FN5O4S/c1-14-23(32)27-19-11-17(8-9-20(19)34-14)26-21(31)13-35-24-29-28-22(15-4-6-16(25)7-5-15)30(24)12-18-3-2-10-33-18/h4-9,11,14,18H,2-3,10,12-13H2,1H3,(H,26,31)(H,27,32)/t14-,18-/m1/s1. The maximum Gasteiger partial charge on any atom is 0.265 e. The molecule has 1 fully saturated rings. The van der Waals surface area contributed by atoms with Gasteiger partial charge in [0.05, 0.1) is 24.1 Å². The summed E-state index contributed by atoms with van der Waals surface area (Å²) in [4.78, 5) is 24.5. The Hall–Kier alpha value is -3.44. The van der Waals surface area contributed by atoms with Crippen LogP contribution >= 0.6 is 11.8 Å². The smallest absolute Gasteiger partial charge is 0.265 e. The highest BCUT2D eigenvalue weighted by molar-refractivity contribution is 7.99. The van der Waals surface area contributed by atoms with Crippen LogP contribution in [0.3, 0.4) is 0 Å². The van der Waals surface area contributed by atoms with Gasteiger partial charge in [0.2, 0.25) is 5.91 Å². The normalized spacial score (nSPS) is 19.1. The van der Waals surface area contributed by atoms with Gasteiger partial charge in [-0.3, -0.25) is 14.2 Å². The number of hydrogen-bond acceptors (Lipinski definition) is 7. The molecule has 0 radical (unpaired) electrons. The Kier molecular flexibility index (Phi) is 6.69. The van der Waals surface area contributed by atoms with Crippen molar-refractivity contribution in [1.82, 2.24) is 14.8 Å². The Balaban J connectivity index is 1.28. The molecule has 2 aromatic carbocycles. The van der Waals surface area contributed by atoms with Gasteiger partial charge in [-0.1, -0.05) is 11.8 Å². The second kappa shape index (κ2) is 10.0. The summed E-state index contributed by atoms with van der Waals surface area (Å²) >= 11 is 1.26. The van der Waals surface area contributed by atoms with Crippen LogP contribution in [0.2, 0.25) is 0 Å². The number of carbonyl (C=O) groups is 2. The van der Waals surface area contributed by atoms with Crippen LogP contribution in [0.1, 0.15) is 19.8 Å². The van der Waals surface area contributed by atoms with Gasteiger partial charge in [-0.05, 0) is 62.2 Å². The van der Waals surface area contributed by atoms with Crippen molar-refractivity contribution in [3.8, 4) is 17.1 Å². The summed E-state index contributed by atoms with van der Waals surface area (Å²) in [6.45, 7) is 2.94. The Morgan fingerprint density at radius 2 is 2.09 bits per heavy atom. The van der Waals surface area contributed by atoms with Crippen LogP contribution in [-0.2, 0) is 20.9 Å². The van der Waals surface area contributed by atoms with Gasteiger partial charge in [-0.15, -0.1) is 10.2 Å². The SMILES string of the molecule is C[C@H]1Oc2ccc(NC(=O)CSc3nnc(-c4ccc(F)cc4)n3C[C@H]3CCCO3)cc2NC1=O. The van der Waals surface area contributed by atoms with Gasteiger partial charge in [-0.25, -0.2) is 4.39 Å². The van der Waals surface area contributed by atoms with E-state index in [0.717, 1.165) is 25.0 Å². The second-order valence-electron chi connectivity index (χ2n) is 8.36. The van der Waals surface area contributed by atoms with E-state index in [9.17, 15) is 14.0 Å². The summed E-state index contributed by atoms with van der Waals surface area (Å²) in [5, 5.41) is 14.8. The molecule has 0 saturated carbocycles. The van der Waals surface area contributed by atoms with E-state index in [4.69, 9.17) is 9.47 Å². The number of fused-ring (bicyclic) bond motifs is 1. The number of nitrogens with zero attached hydrogens (tertiary/aromatic N) is 3. The number of halogens is 1. The molecule has 2 aliphatic rings. The van der Waals surface area contributed by atoms with Crippen LogP contribution in [0.4, 0.5) is 15.8 Å². The topological polar surface area (TPSA) is 107 Å². The van der Waals surface area contributed by atoms with Crippen molar-refractivity contribution in [1.29, 1.82) is 0 Å². The van der Waals surface area contributed by atoms with Gasteiger partial charge in [0.15, 0.2) is 17.1 Å². The third-order valence-electron chi connectivity index (χ3n) is 5.76. The number of benzene rings is 2. The average molecular weight is 498 g/mol. The Labute approximate surface area is 205 Å². The first kappa shape index (κ1) is 23.3. The zero-order chi connectivity index (χ0) is 24.4. The largest absolute Gasteiger partial charge is 0.479 e.